The van der Waals surface area contributed by atoms with E-state index in [0.717, 1.165) is 17.7 Å². The molecule has 0 fully saturated rings. The topological polar surface area (TPSA) is 58.9 Å². The number of para-hydroxylation sites is 1. The first-order valence-corrected chi connectivity index (χ1v) is 6.97. The molecule has 21 heavy (non-hydrogen) atoms. The Kier molecular flexibility index (Phi) is 3.86. The quantitative estimate of drug-likeness (QED) is 0.824. The van der Waals surface area contributed by atoms with E-state index >= 15 is 0 Å². The molecule has 2 aromatic carbocycles. The minimum Gasteiger partial charge on any atom is -0.490 e. The predicted octanol–water partition coefficient (Wildman–Crippen LogP) is 1.06. The highest BCUT2D eigenvalue weighted by Crippen LogP contribution is 2.28. The number of hydrogen-bond donors (Lipinski definition) is 2. The average Bonchev–Trinajstić information content (AvgIpc) is 2.87. The first-order valence-electron chi connectivity index (χ1n) is 6.97. The van der Waals surface area contributed by atoms with Crippen molar-refractivity contribution < 1.29 is 19.5 Å². The van der Waals surface area contributed by atoms with Gasteiger partial charge in [0.05, 0.1) is 0 Å². The molecule has 1 unspecified atom stereocenters. The molecule has 1 atom stereocenters. The first kappa shape index (κ1) is 14.0. The van der Waals surface area contributed by atoms with Crippen LogP contribution in [0, 0.1) is 6.92 Å². The lowest BCUT2D eigenvalue weighted by molar-refractivity contribution is 0.148. The summed E-state index contributed by atoms with van der Waals surface area (Å²) in [5.74, 6) is 1.64. The van der Waals surface area contributed by atoms with Crippen molar-refractivity contribution in [1.29, 1.82) is 0 Å². The summed E-state index contributed by atoms with van der Waals surface area (Å²) in [5, 5.41) is 18.4. The van der Waals surface area contributed by atoms with Crippen LogP contribution in [0.5, 0.6) is 11.5 Å². The second kappa shape index (κ2) is 5.80. The van der Waals surface area contributed by atoms with Crippen molar-refractivity contribution in [3.8, 4) is 11.5 Å². The molecule has 0 saturated heterocycles. The van der Waals surface area contributed by atoms with Crippen molar-refractivity contribution in [3.63, 3.8) is 0 Å². The normalized spacial score (nSPS) is 16.2. The molecule has 1 heterocycles. The van der Waals surface area contributed by atoms with E-state index in [9.17, 15) is 10.0 Å². The third-order valence-corrected chi connectivity index (χ3v) is 3.67. The van der Waals surface area contributed by atoms with Crippen molar-refractivity contribution in [1.82, 2.24) is 0 Å². The zero-order valence-electron chi connectivity index (χ0n) is 11.8. The largest absolute Gasteiger partial charge is 0.490 e. The van der Waals surface area contributed by atoms with Crippen molar-refractivity contribution in [2.24, 2.45) is 0 Å². The molecule has 0 bridgehead atoms. The van der Waals surface area contributed by atoms with Gasteiger partial charge in [0.25, 0.3) is 0 Å². The van der Waals surface area contributed by atoms with Crippen molar-refractivity contribution >= 4 is 12.6 Å². The van der Waals surface area contributed by atoms with Gasteiger partial charge in [0.15, 0.2) is 0 Å². The van der Waals surface area contributed by atoms with Gasteiger partial charge in [-0.15, -0.1) is 0 Å². The van der Waals surface area contributed by atoms with Crippen molar-refractivity contribution in [2.75, 3.05) is 6.61 Å². The summed E-state index contributed by atoms with van der Waals surface area (Å²) in [4.78, 5) is 0. The molecule has 0 aliphatic carbocycles. The standard InChI is InChI=1S/C16H17BO4/c1-11-8-13(6-7-15(11)17(18)19)20-10-14-9-12-4-2-3-5-16(12)21-14/h2-8,14,18-19H,9-10H2,1H3. The van der Waals surface area contributed by atoms with Gasteiger partial charge in [-0.1, -0.05) is 24.3 Å². The Morgan fingerprint density at radius 1 is 1.24 bits per heavy atom. The van der Waals surface area contributed by atoms with Crippen LogP contribution < -0.4 is 14.9 Å². The Bertz CT molecular complexity index is 617. The summed E-state index contributed by atoms with van der Waals surface area (Å²) in [6.45, 7) is 2.29. The highest BCUT2D eigenvalue weighted by Gasteiger charge is 2.23. The molecule has 2 N–H and O–H groups in total. The van der Waals surface area contributed by atoms with Crippen LogP contribution in [0.15, 0.2) is 42.5 Å². The zero-order valence-corrected chi connectivity index (χ0v) is 11.8. The fourth-order valence-corrected chi connectivity index (χ4v) is 2.56. The summed E-state index contributed by atoms with van der Waals surface area (Å²) in [6, 6.07) is 13.2. The summed E-state index contributed by atoms with van der Waals surface area (Å²) in [7, 11) is -1.45. The molecular weight excluding hydrogens is 267 g/mol. The highest BCUT2D eigenvalue weighted by molar-refractivity contribution is 6.59. The predicted molar refractivity (Wildman–Crippen MR) is 81.1 cm³/mol. The second-order valence-corrected chi connectivity index (χ2v) is 5.25. The number of rotatable bonds is 4. The molecule has 0 radical (unpaired) electrons. The average molecular weight is 284 g/mol. The molecule has 2 aromatic rings. The lowest BCUT2D eigenvalue weighted by Crippen LogP contribution is -2.32. The van der Waals surface area contributed by atoms with E-state index in [1.54, 1.807) is 18.2 Å². The lowest BCUT2D eigenvalue weighted by Gasteiger charge is -2.14. The van der Waals surface area contributed by atoms with Crippen LogP contribution in [-0.2, 0) is 6.42 Å². The Morgan fingerprint density at radius 2 is 2.05 bits per heavy atom. The minimum atomic E-state index is -1.45. The van der Waals surface area contributed by atoms with Gasteiger partial charge in [-0.2, -0.15) is 0 Å². The monoisotopic (exact) mass is 284 g/mol. The third kappa shape index (κ3) is 3.04. The SMILES string of the molecule is Cc1cc(OCC2Cc3ccccc3O2)ccc1B(O)O. The van der Waals surface area contributed by atoms with E-state index in [2.05, 4.69) is 6.07 Å². The van der Waals surface area contributed by atoms with Crippen LogP contribution in [0.2, 0.25) is 0 Å². The molecule has 1 aliphatic rings. The minimum absolute atomic E-state index is 0.0193. The molecule has 0 spiro atoms. The second-order valence-electron chi connectivity index (χ2n) is 5.25. The molecule has 0 saturated carbocycles. The van der Waals surface area contributed by atoms with Crippen molar-refractivity contribution in [3.05, 3.63) is 53.6 Å². The number of ether oxygens (including phenoxy) is 2. The van der Waals surface area contributed by atoms with Gasteiger partial charge in [0.1, 0.15) is 24.2 Å². The zero-order chi connectivity index (χ0) is 14.8. The van der Waals surface area contributed by atoms with Gasteiger partial charge in [-0.25, -0.2) is 0 Å². The smallest absolute Gasteiger partial charge is 0.488 e. The van der Waals surface area contributed by atoms with E-state index in [1.165, 1.54) is 5.56 Å². The molecule has 4 nitrogen and oxygen atoms in total. The van der Waals surface area contributed by atoms with Gasteiger partial charge >= 0.3 is 7.12 Å². The van der Waals surface area contributed by atoms with E-state index in [1.807, 2.05) is 25.1 Å². The molecule has 1 aliphatic heterocycles. The van der Waals surface area contributed by atoms with Crippen LogP contribution in [0.25, 0.3) is 0 Å². The Morgan fingerprint density at radius 3 is 2.76 bits per heavy atom. The number of fused-ring (bicyclic) bond motifs is 1. The molecule has 108 valence electrons. The summed E-state index contributed by atoms with van der Waals surface area (Å²) in [5.41, 5.74) is 2.49. The fraction of sp³-hybridized carbons (Fsp3) is 0.250. The molecule has 3 rings (SSSR count). The maximum Gasteiger partial charge on any atom is 0.488 e. The number of aryl methyl sites for hydroxylation is 1. The first-order chi connectivity index (χ1) is 10.1. The van der Waals surface area contributed by atoms with Crippen LogP contribution >= 0.6 is 0 Å². The number of benzene rings is 2. The maximum absolute atomic E-state index is 9.19. The van der Waals surface area contributed by atoms with E-state index in [-0.39, 0.29) is 6.10 Å². The van der Waals surface area contributed by atoms with Crippen LogP contribution in [-0.4, -0.2) is 29.9 Å². The lowest BCUT2D eigenvalue weighted by atomic mass is 9.77. The maximum atomic E-state index is 9.19. The van der Waals surface area contributed by atoms with Crippen LogP contribution in [0.1, 0.15) is 11.1 Å². The Balaban J connectivity index is 1.61. The van der Waals surface area contributed by atoms with Gasteiger partial charge in [-0.05, 0) is 41.7 Å². The molecule has 5 heteroatoms. The van der Waals surface area contributed by atoms with E-state index < -0.39 is 7.12 Å². The van der Waals surface area contributed by atoms with E-state index in [0.29, 0.717) is 17.8 Å². The fourth-order valence-electron chi connectivity index (χ4n) is 2.56. The summed E-state index contributed by atoms with van der Waals surface area (Å²) in [6.07, 6.45) is 0.869. The van der Waals surface area contributed by atoms with Gasteiger partial charge in [-0.3, -0.25) is 0 Å². The Hall–Kier alpha value is -1.98. The van der Waals surface area contributed by atoms with Gasteiger partial charge < -0.3 is 19.5 Å². The van der Waals surface area contributed by atoms with Gasteiger partial charge in [0, 0.05) is 6.42 Å². The van der Waals surface area contributed by atoms with E-state index in [4.69, 9.17) is 9.47 Å². The molecule has 0 amide bonds. The van der Waals surface area contributed by atoms with Crippen LogP contribution in [0.3, 0.4) is 0 Å². The molecule has 0 aromatic heterocycles. The Labute approximate surface area is 124 Å². The van der Waals surface area contributed by atoms with Crippen LogP contribution in [0.4, 0.5) is 0 Å². The summed E-state index contributed by atoms with van der Waals surface area (Å²) < 4.78 is 11.6. The van der Waals surface area contributed by atoms with Crippen molar-refractivity contribution in [2.45, 2.75) is 19.4 Å². The third-order valence-electron chi connectivity index (χ3n) is 3.67. The molecular formula is C16H17BO4. The number of hydrogen-bond acceptors (Lipinski definition) is 4. The van der Waals surface area contributed by atoms with Gasteiger partial charge in [0.2, 0.25) is 0 Å². The highest BCUT2D eigenvalue weighted by atomic mass is 16.5. The summed E-state index contributed by atoms with van der Waals surface area (Å²) >= 11 is 0.